The van der Waals surface area contributed by atoms with Gasteiger partial charge in [-0.25, -0.2) is 9.97 Å². The zero-order chi connectivity index (χ0) is 33.2. The van der Waals surface area contributed by atoms with Crippen molar-refractivity contribution in [1.29, 1.82) is 5.26 Å². The average molecular weight is 697 g/mol. The molecule has 3 heterocycles. The lowest BCUT2D eigenvalue weighted by atomic mass is 9.82. The third kappa shape index (κ3) is 5.58. The molecule has 242 valence electrons. The first-order chi connectivity index (χ1) is 22.8. The Morgan fingerprint density at radius 3 is 1.49 bits per heavy atom. The number of hydrogen-bond donors (Lipinski definition) is 0. The van der Waals surface area contributed by atoms with Crippen molar-refractivity contribution >= 4 is 72.4 Å². The topological polar surface area (TPSA) is 124 Å². The van der Waals surface area contributed by atoms with Gasteiger partial charge in [-0.05, 0) is 40.9 Å². The van der Waals surface area contributed by atoms with Crippen LogP contribution < -0.4 is 0 Å². The van der Waals surface area contributed by atoms with Crippen LogP contribution in [-0.2, 0) is 0 Å². The average Bonchev–Trinajstić information content (AvgIpc) is 3.07. The second-order valence-electron chi connectivity index (χ2n) is 12.5. The number of rotatable bonds is 14. The van der Waals surface area contributed by atoms with Crippen molar-refractivity contribution < 1.29 is 19.2 Å². The first-order valence-corrected chi connectivity index (χ1v) is 17.7. The van der Waals surface area contributed by atoms with Crippen LogP contribution >= 0.6 is 15.9 Å². The molecule has 2 aliphatic heterocycles. The van der Waals surface area contributed by atoms with Crippen LogP contribution in [0.5, 0.6) is 0 Å². The van der Waals surface area contributed by atoms with E-state index in [2.05, 4.69) is 35.8 Å². The molecule has 4 amide bonds. The highest BCUT2D eigenvalue weighted by Crippen LogP contribution is 2.47. The minimum absolute atomic E-state index is 0.0155. The van der Waals surface area contributed by atoms with E-state index in [1.54, 1.807) is 12.1 Å². The number of amides is 4. The lowest BCUT2D eigenvalue weighted by Crippen LogP contribution is -2.45. The normalized spacial score (nSPS) is 14.3. The molecule has 0 N–H and O–H groups in total. The van der Waals surface area contributed by atoms with Gasteiger partial charge in [0.25, 0.3) is 23.6 Å². The number of unbranched alkanes of at least 4 members (excludes halogenated alkanes) is 10. The largest absolute Gasteiger partial charge is 0.274 e. The van der Waals surface area contributed by atoms with Crippen LogP contribution in [0.4, 0.5) is 0 Å². The fraction of sp³-hybridized carbons (Fsp3) is 0.432. The van der Waals surface area contributed by atoms with E-state index in [9.17, 15) is 24.4 Å². The summed E-state index contributed by atoms with van der Waals surface area (Å²) in [5, 5.41) is 10.8. The van der Waals surface area contributed by atoms with Crippen LogP contribution in [0, 0.1) is 11.3 Å². The van der Waals surface area contributed by atoms with Gasteiger partial charge in [0.15, 0.2) is 0 Å². The molecule has 4 aromatic rings. The van der Waals surface area contributed by atoms with Crippen LogP contribution in [0.15, 0.2) is 28.7 Å². The van der Waals surface area contributed by atoms with Gasteiger partial charge in [0.05, 0.1) is 38.9 Å². The predicted molar refractivity (Wildman–Crippen MR) is 184 cm³/mol. The summed E-state index contributed by atoms with van der Waals surface area (Å²) < 4.78 is 0.149. The van der Waals surface area contributed by atoms with Gasteiger partial charge in [-0.3, -0.25) is 29.0 Å². The second-order valence-corrected chi connectivity index (χ2v) is 13.3. The Labute approximate surface area is 282 Å². The molecule has 3 aromatic carbocycles. The number of imide groups is 2. The van der Waals surface area contributed by atoms with Gasteiger partial charge in [0, 0.05) is 28.3 Å². The van der Waals surface area contributed by atoms with Crippen molar-refractivity contribution in [1.82, 2.24) is 19.8 Å². The van der Waals surface area contributed by atoms with Crippen molar-refractivity contribution in [2.75, 3.05) is 13.1 Å². The maximum Gasteiger partial charge on any atom is 0.263 e. The maximum absolute atomic E-state index is 14.4. The summed E-state index contributed by atoms with van der Waals surface area (Å²) in [4.78, 5) is 69.3. The Balaban J connectivity index is 1.56. The van der Waals surface area contributed by atoms with Crippen molar-refractivity contribution in [3.8, 4) is 6.07 Å². The summed E-state index contributed by atoms with van der Waals surface area (Å²) in [5.41, 5.74) is 1.79. The predicted octanol–water partition coefficient (Wildman–Crippen LogP) is 8.48. The summed E-state index contributed by atoms with van der Waals surface area (Å²) >= 11 is 3.51. The third-order valence-corrected chi connectivity index (χ3v) is 10.2. The summed E-state index contributed by atoms with van der Waals surface area (Å²) in [6.07, 6.45) is 11.7. The quantitative estimate of drug-likeness (QED) is 0.0736. The number of halogens is 1. The van der Waals surface area contributed by atoms with Gasteiger partial charge in [-0.2, -0.15) is 5.26 Å². The molecule has 0 saturated heterocycles. The number of carbonyl (C=O) groups excluding carboxylic acids is 4. The van der Waals surface area contributed by atoms with Crippen LogP contribution in [0.2, 0.25) is 0 Å². The number of nitrogens with zero attached hydrogens (tertiary/aromatic N) is 5. The highest BCUT2D eigenvalue weighted by molar-refractivity contribution is 9.10. The third-order valence-electron chi connectivity index (χ3n) is 9.40. The molecule has 0 fully saturated rings. The Bertz CT molecular complexity index is 2000. The van der Waals surface area contributed by atoms with Crippen molar-refractivity contribution in [3.05, 3.63) is 56.6 Å². The number of fused-ring (bicyclic) bond motifs is 4. The highest BCUT2D eigenvalue weighted by Gasteiger charge is 2.45. The summed E-state index contributed by atoms with van der Waals surface area (Å²) in [6.45, 7) is 4.68. The highest BCUT2D eigenvalue weighted by atomic mass is 79.9. The molecule has 0 bridgehead atoms. The molecule has 2 aliphatic rings. The van der Waals surface area contributed by atoms with Gasteiger partial charge in [0.1, 0.15) is 17.1 Å². The molecule has 0 saturated carbocycles. The van der Waals surface area contributed by atoms with Crippen LogP contribution in [-0.4, -0.2) is 56.5 Å². The molecule has 0 radical (unpaired) electrons. The second kappa shape index (κ2) is 13.9. The molecule has 0 unspecified atom stereocenters. The van der Waals surface area contributed by atoms with Gasteiger partial charge in [-0.15, -0.1) is 0 Å². The number of nitriles is 1. The molecule has 0 spiro atoms. The zero-order valence-electron chi connectivity index (χ0n) is 27.0. The Morgan fingerprint density at radius 2 is 1.02 bits per heavy atom. The van der Waals surface area contributed by atoms with E-state index >= 15 is 0 Å². The lowest BCUT2D eigenvalue weighted by molar-refractivity contribution is 0.0587. The number of hydrogen-bond acceptors (Lipinski definition) is 7. The van der Waals surface area contributed by atoms with Gasteiger partial charge in [-0.1, -0.05) is 90.2 Å². The molecule has 9 nitrogen and oxygen atoms in total. The summed E-state index contributed by atoms with van der Waals surface area (Å²) in [5.74, 6) is -2.24. The van der Waals surface area contributed by atoms with Crippen molar-refractivity contribution in [3.63, 3.8) is 0 Å². The SMILES string of the molecule is CCCCCCCCN1C(=O)c2c(Br)c(C#N)c3c4c(c5nc6ccccc6nc5c(c24)C1=O)C(=O)N(CCCCCCCC)C3=O. The van der Waals surface area contributed by atoms with Crippen LogP contribution in [0.25, 0.3) is 32.8 Å². The monoisotopic (exact) mass is 695 g/mol. The zero-order valence-corrected chi connectivity index (χ0v) is 28.5. The molecular formula is C37H38BrN5O4. The van der Waals surface area contributed by atoms with E-state index in [1.807, 2.05) is 12.1 Å². The maximum atomic E-state index is 14.4. The Morgan fingerprint density at radius 1 is 0.617 bits per heavy atom. The molecule has 1 aromatic heterocycles. The smallest absolute Gasteiger partial charge is 0.263 e. The minimum Gasteiger partial charge on any atom is -0.274 e. The Kier molecular flexibility index (Phi) is 9.65. The van der Waals surface area contributed by atoms with Gasteiger partial charge < -0.3 is 0 Å². The first kappa shape index (κ1) is 32.7. The van der Waals surface area contributed by atoms with E-state index in [0.29, 0.717) is 23.9 Å². The fourth-order valence-electron chi connectivity index (χ4n) is 6.97. The molecule has 47 heavy (non-hydrogen) atoms. The molecule has 6 rings (SSSR count). The van der Waals surface area contributed by atoms with Gasteiger partial charge >= 0.3 is 0 Å². The van der Waals surface area contributed by atoms with Crippen LogP contribution in [0.3, 0.4) is 0 Å². The number of aromatic nitrogens is 2. The molecule has 10 heteroatoms. The van der Waals surface area contributed by atoms with Gasteiger partial charge in [0.2, 0.25) is 0 Å². The fourth-order valence-corrected chi connectivity index (χ4v) is 7.63. The lowest BCUT2D eigenvalue weighted by Gasteiger charge is -2.34. The molecular weight excluding hydrogens is 658 g/mol. The van der Waals surface area contributed by atoms with Crippen LogP contribution in [0.1, 0.15) is 138 Å². The number of carbonyl (C=O) groups is 4. The van der Waals surface area contributed by atoms with E-state index in [0.717, 1.165) is 64.2 Å². The summed E-state index contributed by atoms with van der Waals surface area (Å²) in [7, 11) is 0. The van der Waals surface area contributed by atoms with Crippen molar-refractivity contribution in [2.24, 2.45) is 0 Å². The minimum atomic E-state index is -0.603. The standard InChI is InChI=1S/C37H38BrN5O4/c1-3-5-7-9-11-15-19-42-34(44)25-22(21-39)31(38)28-27-26(25)29(36(42)46)32-33(41-24-18-14-13-17-23(24)40-32)30(27)37(47)43(35(28)45)20-16-12-10-8-6-4-2/h13-14,17-18H,3-12,15-16,19-20H2,1-2H3. The van der Waals surface area contributed by atoms with Crippen molar-refractivity contribution in [2.45, 2.75) is 90.9 Å². The van der Waals surface area contributed by atoms with E-state index in [1.165, 1.54) is 9.80 Å². The van der Waals surface area contributed by atoms with E-state index < -0.39 is 23.6 Å². The van der Waals surface area contributed by atoms with E-state index in [4.69, 9.17) is 9.97 Å². The summed E-state index contributed by atoms with van der Waals surface area (Å²) in [6, 6.07) is 9.34. The molecule has 0 atom stereocenters. The first-order valence-electron chi connectivity index (χ1n) is 16.9. The number of para-hydroxylation sites is 2. The number of benzene rings is 3. The Hall–Kier alpha value is -4.23. The molecule has 0 aliphatic carbocycles. The van der Waals surface area contributed by atoms with E-state index in [-0.39, 0.29) is 67.2 Å².